The Hall–Kier alpha value is -0.680. The van der Waals surface area contributed by atoms with Crippen molar-refractivity contribution in [2.45, 2.75) is 37.4 Å². The van der Waals surface area contributed by atoms with Crippen molar-refractivity contribution in [1.82, 2.24) is 5.32 Å². The van der Waals surface area contributed by atoms with E-state index in [0.29, 0.717) is 4.90 Å². The van der Waals surface area contributed by atoms with Crippen LogP contribution in [0.1, 0.15) is 31.9 Å². The van der Waals surface area contributed by atoms with Gasteiger partial charge in [0.25, 0.3) is 0 Å². The van der Waals surface area contributed by atoms with Gasteiger partial charge in [-0.15, -0.1) is 11.8 Å². The van der Waals surface area contributed by atoms with Crippen LogP contribution in [-0.4, -0.2) is 18.5 Å². The van der Waals surface area contributed by atoms with Crippen LogP contribution in [0.2, 0.25) is 0 Å². The zero-order chi connectivity index (χ0) is 13.6. The van der Waals surface area contributed by atoms with E-state index in [4.69, 9.17) is 0 Å². The Bertz CT molecular complexity index is 348. The first-order valence-electron chi connectivity index (χ1n) is 5.95. The van der Waals surface area contributed by atoms with E-state index in [9.17, 15) is 13.2 Å². The largest absolute Gasteiger partial charge is 0.398 e. The molecule has 0 bridgehead atoms. The van der Waals surface area contributed by atoms with E-state index in [0.717, 1.165) is 30.3 Å². The lowest BCUT2D eigenvalue weighted by Gasteiger charge is -2.14. The molecule has 0 amide bonds. The normalized spacial score (nSPS) is 13.6. The van der Waals surface area contributed by atoms with Crippen molar-refractivity contribution in [2.24, 2.45) is 0 Å². The van der Waals surface area contributed by atoms with E-state index in [1.165, 1.54) is 0 Å². The fraction of sp³-hybridized carbons (Fsp3) is 0.538. The topological polar surface area (TPSA) is 12.0 Å². The zero-order valence-corrected chi connectivity index (χ0v) is 11.4. The highest BCUT2D eigenvalue weighted by Crippen LogP contribution is 2.27. The van der Waals surface area contributed by atoms with Crippen LogP contribution in [0.25, 0.3) is 0 Å². The summed E-state index contributed by atoms with van der Waals surface area (Å²) in [5, 5.41) is 3.34. The first-order chi connectivity index (χ1) is 8.42. The predicted octanol–water partition coefficient (Wildman–Crippen LogP) is 4.40. The van der Waals surface area contributed by atoms with Crippen LogP contribution in [0.3, 0.4) is 0 Å². The molecule has 0 radical (unpaired) electrons. The summed E-state index contributed by atoms with van der Waals surface area (Å²) in [5.74, 6) is -0.837. The predicted molar refractivity (Wildman–Crippen MR) is 69.9 cm³/mol. The van der Waals surface area contributed by atoms with Gasteiger partial charge in [0.15, 0.2) is 0 Å². The van der Waals surface area contributed by atoms with E-state index in [-0.39, 0.29) is 6.04 Å². The summed E-state index contributed by atoms with van der Waals surface area (Å²) in [6.07, 6.45) is -3.05. The third-order valence-corrected chi connectivity index (χ3v) is 3.56. The second kappa shape index (κ2) is 7.04. The van der Waals surface area contributed by atoms with E-state index >= 15 is 0 Å². The first kappa shape index (κ1) is 15.4. The van der Waals surface area contributed by atoms with E-state index in [1.807, 2.05) is 19.1 Å². The van der Waals surface area contributed by atoms with Gasteiger partial charge in [-0.1, -0.05) is 19.1 Å². The molecular weight excluding hydrogens is 259 g/mol. The molecule has 18 heavy (non-hydrogen) atoms. The van der Waals surface area contributed by atoms with Gasteiger partial charge < -0.3 is 5.32 Å². The molecule has 0 aromatic heterocycles. The van der Waals surface area contributed by atoms with Crippen molar-refractivity contribution in [2.75, 3.05) is 12.3 Å². The van der Waals surface area contributed by atoms with Crippen molar-refractivity contribution in [3.8, 4) is 0 Å². The third kappa shape index (κ3) is 5.78. The Balaban J connectivity index is 2.52. The maximum atomic E-state index is 12.1. The highest BCUT2D eigenvalue weighted by molar-refractivity contribution is 7.99. The van der Waals surface area contributed by atoms with Gasteiger partial charge in [-0.05, 0) is 37.6 Å². The highest BCUT2D eigenvalue weighted by atomic mass is 32.2. The number of nitrogens with one attached hydrogen (secondary N) is 1. The van der Waals surface area contributed by atoms with Gasteiger partial charge in [0.2, 0.25) is 0 Å². The lowest BCUT2D eigenvalue weighted by molar-refractivity contribution is -0.105. The van der Waals surface area contributed by atoms with Crippen LogP contribution in [-0.2, 0) is 0 Å². The Kier molecular flexibility index (Phi) is 6.02. The summed E-state index contributed by atoms with van der Waals surface area (Å²) >= 11 is 0.820. The summed E-state index contributed by atoms with van der Waals surface area (Å²) < 4.78 is 36.2. The lowest BCUT2D eigenvalue weighted by Crippen LogP contribution is -2.19. The summed E-state index contributed by atoms with van der Waals surface area (Å²) in [6.45, 7) is 5.08. The van der Waals surface area contributed by atoms with E-state index in [2.05, 4.69) is 12.2 Å². The average Bonchev–Trinajstić information content (AvgIpc) is 2.33. The number of halogens is 3. The number of alkyl halides is 3. The number of hydrogen-bond acceptors (Lipinski definition) is 2. The molecule has 0 aliphatic heterocycles. The fourth-order valence-corrected chi connectivity index (χ4v) is 2.16. The lowest BCUT2D eigenvalue weighted by atomic mass is 10.1. The molecule has 1 aromatic rings. The van der Waals surface area contributed by atoms with Gasteiger partial charge in [0.1, 0.15) is 0 Å². The van der Waals surface area contributed by atoms with Crippen LogP contribution in [0.4, 0.5) is 13.2 Å². The standard InChI is InChI=1S/C13H18F3NS/c1-3-8-17-10(2)11-4-6-12(7-5-11)18-9-13(14,15)16/h4-7,10,17H,3,8-9H2,1-2H3. The highest BCUT2D eigenvalue weighted by Gasteiger charge is 2.27. The molecule has 1 unspecified atom stereocenters. The fourth-order valence-electron chi connectivity index (χ4n) is 1.50. The quantitative estimate of drug-likeness (QED) is 0.773. The van der Waals surface area contributed by atoms with Gasteiger partial charge in [0, 0.05) is 10.9 Å². The molecule has 0 spiro atoms. The molecule has 0 aliphatic rings. The number of hydrogen-bond donors (Lipinski definition) is 1. The SMILES string of the molecule is CCCNC(C)c1ccc(SCC(F)(F)F)cc1. The minimum absolute atomic E-state index is 0.228. The molecule has 1 atom stereocenters. The zero-order valence-electron chi connectivity index (χ0n) is 10.6. The molecule has 0 saturated carbocycles. The van der Waals surface area contributed by atoms with Crippen molar-refractivity contribution >= 4 is 11.8 Å². The molecule has 1 rings (SSSR count). The Labute approximate surface area is 110 Å². The minimum Gasteiger partial charge on any atom is -0.310 e. The summed E-state index contributed by atoms with van der Waals surface area (Å²) in [7, 11) is 0. The van der Waals surface area contributed by atoms with Gasteiger partial charge in [0.05, 0.1) is 5.75 Å². The third-order valence-electron chi connectivity index (χ3n) is 2.48. The summed E-state index contributed by atoms with van der Waals surface area (Å²) in [5.41, 5.74) is 1.10. The molecule has 102 valence electrons. The van der Waals surface area contributed by atoms with Crippen LogP contribution in [0.15, 0.2) is 29.2 Å². The molecule has 0 aliphatic carbocycles. The van der Waals surface area contributed by atoms with Gasteiger partial charge >= 0.3 is 6.18 Å². The van der Waals surface area contributed by atoms with Gasteiger partial charge in [-0.2, -0.15) is 13.2 Å². The Morgan fingerprint density at radius 1 is 1.22 bits per heavy atom. The summed E-state index contributed by atoms with van der Waals surface area (Å²) in [6, 6.07) is 7.48. The van der Waals surface area contributed by atoms with Crippen LogP contribution in [0.5, 0.6) is 0 Å². The van der Waals surface area contributed by atoms with Crippen LogP contribution in [0, 0.1) is 0 Å². The Morgan fingerprint density at radius 2 is 1.83 bits per heavy atom. The smallest absolute Gasteiger partial charge is 0.310 e. The monoisotopic (exact) mass is 277 g/mol. The second-order valence-corrected chi connectivity index (χ2v) is 5.20. The maximum absolute atomic E-state index is 12.1. The van der Waals surface area contributed by atoms with Crippen molar-refractivity contribution in [1.29, 1.82) is 0 Å². The van der Waals surface area contributed by atoms with Crippen molar-refractivity contribution in [3.63, 3.8) is 0 Å². The summed E-state index contributed by atoms with van der Waals surface area (Å²) in [4.78, 5) is 0.652. The van der Waals surface area contributed by atoms with Crippen LogP contribution >= 0.6 is 11.8 Å². The number of rotatable bonds is 6. The molecule has 1 N–H and O–H groups in total. The first-order valence-corrected chi connectivity index (χ1v) is 6.94. The van der Waals surface area contributed by atoms with E-state index < -0.39 is 11.9 Å². The van der Waals surface area contributed by atoms with Gasteiger partial charge in [-0.25, -0.2) is 0 Å². The average molecular weight is 277 g/mol. The molecule has 1 aromatic carbocycles. The number of thioether (sulfide) groups is 1. The van der Waals surface area contributed by atoms with Crippen molar-refractivity contribution < 1.29 is 13.2 Å². The molecule has 5 heteroatoms. The van der Waals surface area contributed by atoms with Crippen LogP contribution < -0.4 is 5.32 Å². The maximum Gasteiger partial charge on any atom is 0.398 e. The molecule has 1 nitrogen and oxygen atoms in total. The van der Waals surface area contributed by atoms with Gasteiger partial charge in [-0.3, -0.25) is 0 Å². The molecule has 0 heterocycles. The number of benzene rings is 1. The second-order valence-electron chi connectivity index (χ2n) is 4.15. The molecule has 0 saturated heterocycles. The van der Waals surface area contributed by atoms with Crippen molar-refractivity contribution in [3.05, 3.63) is 29.8 Å². The van der Waals surface area contributed by atoms with E-state index in [1.54, 1.807) is 12.1 Å². The molecule has 0 fully saturated rings. The molecular formula is C13H18F3NS. The Morgan fingerprint density at radius 3 is 2.33 bits per heavy atom. The minimum atomic E-state index is -4.11.